The van der Waals surface area contributed by atoms with Crippen LogP contribution in [0.4, 0.5) is 5.69 Å². The fraction of sp³-hybridized carbons (Fsp3) is 0.250. The van der Waals surface area contributed by atoms with Crippen LogP contribution in [0.25, 0.3) is 0 Å². The largest absolute Gasteiger partial charge is 0.324 e. The van der Waals surface area contributed by atoms with Crippen molar-refractivity contribution in [1.82, 2.24) is 4.90 Å². The summed E-state index contributed by atoms with van der Waals surface area (Å²) in [4.78, 5) is 26.7. The quantitative estimate of drug-likeness (QED) is 0.804. The van der Waals surface area contributed by atoms with Crippen molar-refractivity contribution in [3.8, 4) is 0 Å². The molecule has 1 aromatic carbocycles. The number of hydrogen-bond donors (Lipinski definition) is 1. The molecule has 98 valence electrons. The summed E-state index contributed by atoms with van der Waals surface area (Å²) in [5, 5.41) is 1.98. The monoisotopic (exact) mass is 310 g/mol. The Morgan fingerprint density at radius 3 is 2.63 bits per heavy atom. The van der Waals surface area contributed by atoms with Gasteiger partial charge < -0.3 is 5.32 Å². The first-order chi connectivity index (χ1) is 9.08. The first-order valence-electron chi connectivity index (χ1n) is 5.62. The molecule has 7 heteroatoms. The summed E-state index contributed by atoms with van der Waals surface area (Å²) < 4.78 is 0.530. The van der Waals surface area contributed by atoms with Crippen molar-refractivity contribution in [2.24, 2.45) is 0 Å². The Labute approximate surface area is 124 Å². The number of thioether (sulfide) groups is 2. The van der Waals surface area contributed by atoms with Crippen LogP contribution in [-0.2, 0) is 9.59 Å². The predicted molar refractivity (Wildman–Crippen MR) is 81.5 cm³/mol. The number of nitrogens with zero attached hydrogens (tertiary/aromatic N) is 1. The topological polar surface area (TPSA) is 49.4 Å². The lowest BCUT2D eigenvalue weighted by molar-refractivity contribution is -0.127. The van der Waals surface area contributed by atoms with E-state index in [0.717, 1.165) is 10.6 Å². The predicted octanol–water partition coefficient (Wildman–Crippen LogP) is 1.96. The normalized spacial score (nSPS) is 26.4. The van der Waals surface area contributed by atoms with Gasteiger partial charge in [-0.2, -0.15) is 0 Å². The molecule has 1 aromatic rings. The number of rotatable bonds is 1. The number of anilines is 1. The highest BCUT2D eigenvalue weighted by atomic mass is 32.2. The molecule has 0 unspecified atom stereocenters. The molecule has 19 heavy (non-hydrogen) atoms. The molecule has 0 aliphatic carbocycles. The van der Waals surface area contributed by atoms with Gasteiger partial charge in [-0.25, -0.2) is 0 Å². The van der Waals surface area contributed by atoms with Gasteiger partial charge in [0.1, 0.15) is 14.8 Å². The molecule has 2 aliphatic heterocycles. The number of para-hydroxylation sites is 1. The molecule has 4 nitrogen and oxygen atoms in total. The van der Waals surface area contributed by atoms with E-state index in [9.17, 15) is 9.59 Å². The molecule has 0 saturated carbocycles. The molecular formula is C12H10N2O2S3. The summed E-state index contributed by atoms with van der Waals surface area (Å²) in [6, 6.07) is 7.59. The van der Waals surface area contributed by atoms with E-state index in [-0.39, 0.29) is 11.8 Å². The van der Waals surface area contributed by atoms with Gasteiger partial charge >= 0.3 is 0 Å². The average Bonchev–Trinajstić information content (AvgIpc) is 2.66. The van der Waals surface area contributed by atoms with Crippen molar-refractivity contribution >= 4 is 57.6 Å². The lowest BCUT2D eigenvalue weighted by Crippen LogP contribution is -2.41. The Balaban J connectivity index is 1.90. The van der Waals surface area contributed by atoms with E-state index >= 15 is 0 Å². The Morgan fingerprint density at radius 2 is 1.95 bits per heavy atom. The zero-order valence-electron chi connectivity index (χ0n) is 9.95. The fourth-order valence-corrected chi connectivity index (χ4v) is 4.76. The van der Waals surface area contributed by atoms with Crippen LogP contribution in [0.1, 0.15) is 0 Å². The molecule has 2 atom stereocenters. The highest BCUT2D eigenvalue weighted by molar-refractivity contribution is 8.24. The molecule has 0 bridgehead atoms. The van der Waals surface area contributed by atoms with Gasteiger partial charge in [0.05, 0.1) is 5.69 Å². The number of carbonyl (C=O) groups excluding carboxylic acids is 2. The van der Waals surface area contributed by atoms with E-state index in [0.29, 0.717) is 4.32 Å². The number of nitrogens with one attached hydrogen (secondary N) is 1. The highest BCUT2D eigenvalue weighted by Crippen LogP contribution is 2.42. The average molecular weight is 310 g/mol. The van der Waals surface area contributed by atoms with Gasteiger partial charge in [0.15, 0.2) is 0 Å². The first-order valence-corrected chi connectivity index (χ1v) is 7.79. The van der Waals surface area contributed by atoms with Gasteiger partial charge in [-0.1, -0.05) is 36.1 Å². The van der Waals surface area contributed by atoms with E-state index in [4.69, 9.17) is 12.2 Å². The lowest BCUT2D eigenvalue weighted by Gasteiger charge is -2.26. The van der Waals surface area contributed by atoms with Crippen molar-refractivity contribution in [3.05, 3.63) is 24.3 Å². The fourth-order valence-electron chi connectivity index (χ4n) is 1.98. The van der Waals surface area contributed by atoms with Crippen LogP contribution in [0, 0.1) is 0 Å². The molecule has 1 saturated heterocycles. The van der Waals surface area contributed by atoms with Gasteiger partial charge in [0.2, 0.25) is 11.8 Å². The van der Waals surface area contributed by atoms with Crippen LogP contribution in [0.15, 0.2) is 29.2 Å². The van der Waals surface area contributed by atoms with Crippen LogP contribution >= 0.6 is 35.7 Å². The highest BCUT2D eigenvalue weighted by Gasteiger charge is 2.45. The van der Waals surface area contributed by atoms with Crippen molar-refractivity contribution in [2.45, 2.75) is 15.4 Å². The molecule has 0 aromatic heterocycles. The Bertz CT molecular complexity index is 590. The summed E-state index contributed by atoms with van der Waals surface area (Å²) in [6.45, 7) is 0. The zero-order chi connectivity index (χ0) is 13.6. The number of thiocarbonyl (C=S) groups is 1. The van der Waals surface area contributed by atoms with Gasteiger partial charge in [0, 0.05) is 11.9 Å². The maximum Gasteiger partial charge on any atom is 0.243 e. The standard InChI is InChI=1S/C12H10N2O2S3/c1-14-11(16)9(19-12(14)17)8-10(15)13-6-4-2-3-5-7(6)18-8/h2-5,8-9H,1H3,(H,13,15)/t8-,9-/m1/s1. The third-order valence-corrected chi connectivity index (χ3v) is 6.30. The van der Waals surface area contributed by atoms with Crippen molar-refractivity contribution in [1.29, 1.82) is 0 Å². The summed E-state index contributed by atoms with van der Waals surface area (Å²) in [5.41, 5.74) is 0.806. The maximum atomic E-state index is 12.1. The molecule has 2 heterocycles. The zero-order valence-corrected chi connectivity index (χ0v) is 12.4. The number of amides is 2. The summed E-state index contributed by atoms with van der Waals surface area (Å²) in [7, 11) is 1.65. The van der Waals surface area contributed by atoms with E-state index in [1.807, 2.05) is 24.3 Å². The van der Waals surface area contributed by atoms with Crippen molar-refractivity contribution < 1.29 is 9.59 Å². The minimum atomic E-state index is -0.435. The third kappa shape index (κ3) is 2.15. The lowest BCUT2D eigenvalue weighted by atomic mass is 10.2. The number of hydrogen-bond acceptors (Lipinski definition) is 5. The molecule has 2 amide bonds. The molecule has 2 aliphatic rings. The van der Waals surface area contributed by atoms with E-state index < -0.39 is 10.5 Å². The maximum absolute atomic E-state index is 12.1. The number of fused-ring (bicyclic) bond motifs is 1. The van der Waals surface area contributed by atoms with E-state index in [2.05, 4.69) is 5.32 Å². The number of carbonyl (C=O) groups is 2. The SMILES string of the molecule is CN1C(=O)[C@@H]([C@H]2Sc3ccccc3NC2=O)SC1=S. The van der Waals surface area contributed by atoms with Crippen LogP contribution in [-0.4, -0.2) is 38.6 Å². The first kappa shape index (κ1) is 13.0. The summed E-state index contributed by atoms with van der Waals surface area (Å²) in [6.07, 6.45) is 0. The summed E-state index contributed by atoms with van der Waals surface area (Å²) in [5.74, 6) is -0.227. The smallest absolute Gasteiger partial charge is 0.243 e. The van der Waals surface area contributed by atoms with Crippen LogP contribution < -0.4 is 5.32 Å². The minimum absolute atomic E-state index is 0.0953. The van der Waals surface area contributed by atoms with Crippen LogP contribution in [0.5, 0.6) is 0 Å². The second-order valence-electron chi connectivity index (χ2n) is 4.23. The Morgan fingerprint density at radius 1 is 1.21 bits per heavy atom. The van der Waals surface area contributed by atoms with Crippen LogP contribution in [0.3, 0.4) is 0 Å². The third-order valence-electron chi connectivity index (χ3n) is 3.01. The minimum Gasteiger partial charge on any atom is -0.324 e. The van der Waals surface area contributed by atoms with E-state index in [1.165, 1.54) is 28.4 Å². The van der Waals surface area contributed by atoms with Gasteiger partial charge in [-0.15, -0.1) is 11.8 Å². The Kier molecular flexibility index (Phi) is 3.28. The Hall–Kier alpha value is -1.05. The van der Waals surface area contributed by atoms with Crippen molar-refractivity contribution in [2.75, 3.05) is 12.4 Å². The molecule has 1 fully saturated rings. The molecular weight excluding hydrogens is 300 g/mol. The van der Waals surface area contributed by atoms with Gasteiger partial charge in [-0.05, 0) is 12.1 Å². The van der Waals surface area contributed by atoms with Gasteiger partial charge in [0.25, 0.3) is 0 Å². The molecule has 1 N–H and O–H groups in total. The number of benzene rings is 1. The second kappa shape index (κ2) is 4.81. The van der Waals surface area contributed by atoms with Crippen LogP contribution in [0.2, 0.25) is 0 Å². The second-order valence-corrected chi connectivity index (χ2v) is 7.18. The summed E-state index contributed by atoms with van der Waals surface area (Å²) >= 11 is 7.83. The molecule has 0 spiro atoms. The molecule has 0 radical (unpaired) electrons. The van der Waals surface area contributed by atoms with E-state index in [1.54, 1.807) is 7.05 Å². The van der Waals surface area contributed by atoms with Gasteiger partial charge in [-0.3, -0.25) is 14.5 Å². The molecule has 3 rings (SSSR count). The van der Waals surface area contributed by atoms with Crippen molar-refractivity contribution in [3.63, 3.8) is 0 Å².